The fourth-order valence-corrected chi connectivity index (χ4v) is 3.51. The molecule has 0 aliphatic carbocycles. The molecule has 0 bridgehead atoms. The van der Waals surface area contributed by atoms with E-state index in [4.69, 9.17) is 17.3 Å². The van der Waals surface area contributed by atoms with Crippen LogP contribution in [0.5, 0.6) is 0 Å². The van der Waals surface area contributed by atoms with E-state index >= 15 is 0 Å². The highest BCUT2D eigenvalue weighted by Gasteiger charge is 2.43. The summed E-state index contributed by atoms with van der Waals surface area (Å²) in [5, 5.41) is 7.93. The van der Waals surface area contributed by atoms with Crippen LogP contribution in [0, 0.1) is 6.92 Å². The van der Waals surface area contributed by atoms with Crippen LogP contribution >= 0.6 is 12.2 Å². The zero-order valence-corrected chi connectivity index (χ0v) is 17.3. The third-order valence-corrected chi connectivity index (χ3v) is 4.90. The Bertz CT molecular complexity index is 1000. The molecule has 0 spiro atoms. The monoisotopic (exact) mass is 406 g/mol. The van der Waals surface area contributed by atoms with Gasteiger partial charge < -0.3 is 0 Å². The van der Waals surface area contributed by atoms with Crippen LogP contribution in [0.4, 0.5) is 4.79 Å². The lowest BCUT2D eigenvalue weighted by atomic mass is 10.1. The lowest BCUT2D eigenvalue weighted by Crippen LogP contribution is -2.56. The number of fused-ring (bicyclic) bond motifs is 1. The van der Waals surface area contributed by atoms with Gasteiger partial charge in [0.1, 0.15) is 5.84 Å². The number of nitrogens with one attached hydrogen (secondary N) is 1. The predicted molar refractivity (Wildman–Crippen MR) is 117 cm³/mol. The van der Waals surface area contributed by atoms with Crippen molar-refractivity contribution in [2.24, 2.45) is 10.1 Å². The van der Waals surface area contributed by atoms with Crippen molar-refractivity contribution in [1.29, 1.82) is 0 Å². The van der Waals surface area contributed by atoms with Gasteiger partial charge >= 0.3 is 6.03 Å². The molecule has 8 heteroatoms. The molecule has 2 heterocycles. The highest BCUT2D eigenvalue weighted by molar-refractivity contribution is 7.80. The largest absolute Gasteiger partial charge is 0.367 e. The molecule has 0 radical (unpaired) electrons. The number of hydrazone groups is 1. The Morgan fingerprint density at radius 2 is 1.79 bits per heavy atom. The van der Waals surface area contributed by atoms with Gasteiger partial charge in [-0.1, -0.05) is 72.4 Å². The summed E-state index contributed by atoms with van der Waals surface area (Å²) >= 11 is 5.19. The van der Waals surface area contributed by atoms with Crippen LogP contribution < -0.4 is 5.43 Å². The van der Waals surface area contributed by atoms with E-state index in [0.29, 0.717) is 17.5 Å². The summed E-state index contributed by atoms with van der Waals surface area (Å²) in [6.45, 7) is 6.26. The van der Waals surface area contributed by atoms with Gasteiger partial charge in [-0.3, -0.25) is 10.3 Å². The third kappa shape index (κ3) is 3.71. The number of rotatable bonds is 4. The first-order chi connectivity index (χ1) is 13.9. The highest BCUT2D eigenvalue weighted by atomic mass is 32.1. The second kappa shape index (κ2) is 7.63. The van der Waals surface area contributed by atoms with Gasteiger partial charge in [0.05, 0.1) is 11.5 Å². The molecule has 148 valence electrons. The van der Waals surface area contributed by atoms with Crippen molar-refractivity contribution in [3.63, 3.8) is 0 Å². The molecule has 1 atom stereocenters. The number of aryl methyl sites for hydroxylation is 1. The molecule has 2 aliphatic heterocycles. The Morgan fingerprint density at radius 3 is 2.45 bits per heavy atom. The smallest absolute Gasteiger partial charge is 0.293 e. The minimum Gasteiger partial charge on any atom is -0.293 e. The van der Waals surface area contributed by atoms with Gasteiger partial charge in [-0.25, -0.2) is 14.8 Å². The molecule has 29 heavy (non-hydrogen) atoms. The maximum absolute atomic E-state index is 12.9. The van der Waals surface area contributed by atoms with E-state index in [1.165, 1.54) is 5.01 Å². The molecule has 0 fully saturated rings. The maximum Gasteiger partial charge on any atom is 0.367 e. The standard InChI is InChI=1S/C21H22N6OS/c1-14-9-11-18(12-10-14)19-26-20(22-21(28)27(19)24-16(3)29)25(15(2)23-26)13-17-7-5-4-6-8-17/h4-12,19H,13H2,1-3H3,(H,24,29). The second-order valence-corrected chi connectivity index (χ2v) is 7.69. The number of guanidine groups is 1. The first kappa shape index (κ1) is 19.1. The number of carbonyl (C=O) groups is 1. The summed E-state index contributed by atoms with van der Waals surface area (Å²) in [6, 6.07) is 17.7. The van der Waals surface area contributed by atoms with Crippen LogP contribution in [-0.4, -0.2) is 37.7 Å². The summed E-state index contributed by atoms with van der Waals surface area (Å²) in [7, 11) is 0. The summed E-state index contributed by atoms with van der Waals surface area (Å²) in [6.07, 6.45) is -0.496. The fraction of sp³-hybridized carbons (Fsp3) is 0.238. The SMILES string of the molecule is CC(=S)NN1C(=O)N=C2N(Cc3ccccc3)C(C)=NN2C1c1ccc(C)cc1. The van der Waals surface area contributed by atoms with Gasteiger partial charge in [-0.15, -0.1) is 0 Å². The average molecular weight is 407 g/mol. The van der Waals surface area contributed by atoms with E-state index < -0.39 is 12.2 Å². The average Bonchev–Trinajstić information content (AvgIpc) is 2.99. The number of hydrogen-bond donors (Lipinski definition) is 1. The molecule has 0 saturated heterocycles. The van der Waals surface area contributed by atoms with E-state index in [1.807, 2.05) is 73.3 Å². The molecule has 2 aromatic carbocycles. The van der Waals surface area contributed by atoms with Crippen LogP contribution in [0.25, 0.3) is 0 Å². The van der Waals surface area contributed by atoms with Crippen molar-refractivity contribution in [3.05, 3.63) is 71.3 Å². The Labute approximate surface area is 175 Å². The molecule has 1 unspecified atom stereocenters. The van der Waals surface area contributed by atoms with E-state index in [2.05, 4.69) is 10.4 Å². The lowest BCUT2D eigenvalue weighted by molar-refractivity contribution is 0.0874. The Balaban J connectivity index is 1.74. The molecule has 2 aliphatic rings. The quantitative estimate of drug-likeness (QED) is 0.783. The molecule has 7 nitrogen and oxygen atoms in total. The molecule has 0 saturated carbocycles. The van der Waals surface area contributed by atoms with Gasteiger partial charge in [0.25, 0.3) is 0 Å². The van der Waals surface area contributed by atoms with Gasteiger partial charge in [0.2, 0.25) is 5.96 Å². The minimum absolute atomic E-state index is 0.408. The van der Waals surface area contributed by atoms with Crippen molar-refractivity contribution >= 4 is 35.0 Å². The van der Waals surface area contributed by atoms with Crippen molar-refractivity contribution in [1.82, 2.24) is 20.3 Å². The summed E-state index contributed by atoms with van der Waals surface area (Å²) < 4.78 is 0. The number of urea groups is 1. The van der Waals surface area contributed by atoms with Crippen molar-refractivity contribution in [2.75, 3.05) is 0 Å². The summed E-state index contributed by atoms with van der Waals surface area (Å²) in [4.78, 5) is 19.7. The molecule has 2 amide bonds. The molecular formula is C21H22N6OS. The van der Waals surface area contributed by atoms with E-state index in [-0.39, 0.29) is 0 Å². The summed E-state index contributed by atoms with van der Waals surface area (Å²) in [5.74, 6) is 1.29. The second-order valence-electron chi connectivity index (χ2n) is 7.08. The predicted octanol–water partition coefficient (Wildman–Crippen LogP) is 3.79. The van der Waals surface area contributed by atoms with E-state index in [9.17, 15) is 4.79 Å². The fourth-order valence-electron chi connectivity index (χ4n) is 3.41. The molecular weight excluding hydrogens is 384 g/mol. The first-order valence-corrected chi connectivity index (χ1v) is 9.76. The summed E-state index contributed by atoms with van der Waals surface area (Å²) in [5.41, 5.74) is 6.13. The number of amidine groups is 1. The molecule has 2 aromatic rings. The zero-order valence-electron chi connectivity index (χ0n) is 16.5. The van der Waals surface area contributed by atoms with Crippen LogP contribution in [0.2, 0.25) is 0 Å². The lowest BCUT2D eigenvalue weighted by Gasteiger charge is -2.39. The minimum atomic E-state index is -0.496. The Kier molecular flexibility index (Phi) is 5.02. The van der Waals surface area contributed by atoms with E-state index in [0.717, 1.165) is 22.5 Å². The maximum atomic E-state index is 12.9. The van der Waals surface area contributed by atoms with E-state index in [1.54, 1.807) is 11.9 Å². The number of aliphatic imine (C=N–C) groups is 1. The van der Waals surface area contributed by atoms with Gasteiger partial charge in [0.15, 0.2) is 6.17 Å². The number of hydrazine groups is 1. The van der Waals surface area contributed by atoms with Crippen molar-refractivity contribution in [2.45, 2.75) is 33.5 Å². The van der Waals surface area contributed by atoms with Crippen LogP contribution in [0.1, 0.15) is 36.7 Å². The van der Waals surface area contributed by atoms with Crippen molar-refractivity contribution in [3.8, 4) is 0 Å². The molecule has 4 rings (SSSR count). The van der Waals surface area contributed by atoms with Gasteiger partial charge in [-0.2, -0.15) is 10.1 Å². The first-order valence-electron chi connectivity index (χ1n) is 9.35. The topological polar surface area (TPSA) is 63.5 Å². The number of thiocarbonyl (C=S) groups is 1. The molecule has 1 N–H and O–H groups in total. The number of benzene rings is 2. The zero-order chi connectivity index (χ0) is 20.5. The Hall–Kier alpha value is -3.26. The number of carbonyl (C=O) groups excluding carboxylic acids is 1. The third-order valence-electron chi connectivity index (χ3n) is 4.80. The molecule has 0 aromatic heterocycles. The highest BCUT2D eigenvalue weighted by Crippen LogP contribution is 2.33. The van der Waals surface area contributed by atoms with Gasteiger partial charge in [-0.05, 0) is 31.9 Å². The van der Waals surface area contributed by atoms with Crippen LogP contribution in [-0.2, 0) is 6.54 Å². The number of hydrogen-bond acceptors (Lipinski definition) is 5. The number of nitrogens with zero attached hydrogens (tertiary/aromatic N) is 5. The van der Waals surface area contributed by atoms with Crippen molar-refractivity contribution < 1.29 is 4.79 Å². The Morgan fingerprint density at radius 1 is 1.10 bits per heavy atom. The van der Waals surface area contributed by atoms with Crippen LogP contribution in [0.15, 0.2) is 64.7 Å². The number of amides is 2. The van der Waals surface area contributed by atoms with Crippen LogP contribution in [0.3, 0.4) is 0 Å². The normalized spacial score (nSPS) is 18.4. The van der Waals surface area contributed by atoms with Gasteiger partial charge in [0, 0.05) is 0 Å².